The second-order valence-corrected chi connectivity index (χ2v) is 30.0. The summed E-state index contributed by atoms with van der Waals surface area (Å²) in [5.41, 5.74) is 35.3. The maximum absolute atomic E-state index is 4.69. The average molecular weight is 2420 g/mol. The Morgan fingerprint density at radius 3 is 0.773 bits per heavy atom. The van der Waals surface area contributed by atoms with E-state index in [0.717, 1.165) is 95.8 Å². The molecule has 0 aliphatic rings. The van der Waals surface area contributed by atoms with Gasteiger partial charge in [0.05, 0.1) is 0 Å². The topological polar surface area (TPSA) is 103 Å². The van der Waals surface area contributed by atoms with E-state index in [0.29, 0.717) is 0 Å². The van der Waals surface area contributed by atoms with Crippen LogP contribution in [0.5, 0.6) is 0 Å². The summed E-state index contributed by atoms with van der Waals surface area (Å²) in [5, 5.41) is 0. The molecule has 20 aromatic rings. The Hall–Kier alpha value is -13.6. The van der Waals surface area contributed by atoms with Crippen molar-refractivity contribution in [3.05, 3.63) is 531 Å². The summed E-state index contributed by atoms with van der Waals surface area (Å²) in [6.45, 7) is 16.7. The first-order valence-corrected chi connectivity index (χ1v) is 42.4. The van der Waals surface area contributed by atoms with Crippen LogP contribution in [0.1, 0.15) is 44.6 Å². The van der Waals surface area contributed by atoms with E-state index in [9.17, 15) is 0 Å². The largest absolute Gasteiger partial charge is 0.305 e. The minimum Gasteiger partial charge on any atom is -0.305 e. The predicted molar refractivity (Wildman–Crippen MR) is 528 cm³/mol. The van der Waals surface area contributed by atoms with Gasteiger partial charge in [-0.2, -0.15) is 0 Å². The summed E-state index contributed by atoms with van der Waals surface area (Å²) in [6.07, 6.45) is 13.2. The van der Waals surface area contributed by atoms with Crippen LogP contribution in [0, 0.1) is 104 Å². The molecule has 132 heavy (non-hydrogen) atoms. The van der Waals surface area contributed by atoms with Crippen molar-refractivity contribution in [1.82, 2.24) is 39.9 Å². The molecule has 4 radical (unpaired) electrons. The fourth-order valence-corrected chi connectivity index (χ4v) is 13.6. The monoisotopic (exact) mass is 2420 g/mol. The van der Waals surface area contributed by atoms with E-state index in [2.05, 4.69) is 245 Å². The van der Waals surface area contributed by atoms with E-state index in [-0.39, 0.29) is 80.4 Å². The quantitative estimate of drug-likeness (QED) is 0.111. The Balaban J connectivity index is 0.000000170. The molecule has 12 heteroatoms. The van der Waals surface area contributed by atoms with Gasteiger partial charge in [-0.1, -0.05) is 207 Å². The van der Waals surface area contributed by atoms with Crippen molar-refractivity contribution >= 4 is 0 Å². The summed E-state index contributed by atoms with van der Waals surface area (Å²) >= 11 is 0. The van der Waals surface area contributed by atoms with Gasteiger partial charge in [0.2, 0.25) is 0 Å². The maximum Gasteiger partial charge on any atom is 0.0344 e. The van der Waals surface area contributed by atoms with Gasteiger partial charge in [0.15, 0.2) is 0 Å². The molecule has 0 fully saturated rings. The molecule has 660 valence electrons. The molecule has 0 spiro atoms. The zero-order valence-corrected chi connectivity index (χ0v) is 84.1. The van der Waals surface area contributed by atoms with Crippen LogP contribution in [0.2, 0.25) is 0 Å². The standard InChI is InChI=1S/C20H18N.3C18H14N.2C12H10N.2C11H8N.4Ir/c1-14-6-4-8-17(10-14)19-13-21-20(12-16(19)3)18-9-5-7-15(2)11-18;2*1-14-12-18(16-10-6-3-7-11-16)19-13-17(14)15-8-4-2-5-9-15;1-14-17(15-8-4-2-5-9-15)12-13-18(19-14)16-10-6-3-7-11-16;2*1-10-7-8-12(13-9-10)11-5-3-2-4-6-11;2*1-2-6-10(7-3-1)11-8-4-5-9-12-11;;;;/h4-8,10-13H,1-3H3;3*2-10,12-13H,1H3;2*2-5,7-9H,1H3;2*1-6,8-9H;;;;/q8*-1;;;;. The van der Waals surface area contributed by atoms with E-state index >= 15 is 0 Å². The number of aromatic nitrogens is 8. The Morgan fingerprint density at radius 1 is 0.174 bits per heavy atom. The number of nitrogens with zero attached hydrogens (tertiary/aromatic N) is 8. The normalized spacial score (nSPS) is 9.88. The van der Waals surface area contributed by atoms with Crippen LogP contribution in [-0.4, -0.2) is 39.9 Å². The average Bonchev–Trinajstić information content (AvgIpc) is 0.818. The Labute approximate surface area is 833 Å². The predicted octanol–water partition coefficient (Wildman–Crippen LogP) is 29.5. The van der Waals surface area contributed by atoms with E-state index in [1.54, 1.807) is 12.4 Å². The maximum atomic E-state index is 4.69. The Morgan fingerprint density at radius 2 is 0.462 bits per heavy atom. The molecule has 20 rings (SSSR count). The summed E-state index contributed by atoms with van der Waals surface area (Å²) in [7, 11) is 0. The van der Waals surface area contributed by atoms with Crippen molar-refractivity contribution in [2.24, 2.45) is 0 Å². The van der Waals surface area contributed by atoms with Gasteiger partial charge in [0.25, 0.3) is 0 Å². The van der Waals surface area contributed by atoms with Crippen LogP contribution in [0.4, 0.5) is 0 Å². The SMILES string of the molecule is Cc1cc(-c2[c-]cccc2)ncc1-c1ccccc1.Cc1cc(-c2[c-]cccc2)ncc1-c1ccccc1.Cc1cc[c-]c(-c2cc(C)c(-c3cccc(C)c3)cn2)c1.Cc1ccc(-c2[c-]cccc2)nc1.Cc1ccc(-c2[c-]cccc2)nc1.Cc1nc(-c2[c-]cccc2)ccc1-c1ccccc1.[Ir].[Ir].[Ir].[Ir].[c-]1ccccc1-c1ccccn1.[c-]1ccccc1-c1ccccn1. The summed E-state index contributed by atoms with van der Waals surface area (Å²) in [6, 6.07) is 157. The fourth-order valence-electron chi connectivity index (χ4n) is 13.6. The molecule has 0 unspecified atom stereocenters. The van der Waals surface area contributed by atoms with E-state index in [1.165, 1.54) is 83.5 Å². The van der Waals surface area contributed by atoms with Gasteiger partial charge < -0.3 is 39.9 Å². The molecular weight excluding hydrogens is 2320 g/mol. The first kappa shape index (κ1) is 102. The van der Waals surface area contributed by atoms with Gasteiger partial charge in [-0.25, -0.2) is 0 Å². The summed E-state index contributed by atoms with van der Waals surface area (Å²) in [4.78, 5) is 35.5. The zero-order valence-electron chi connectivity index (χ0n) is 74.5. The van der Waals surface area contributed by atoms with Gasteiger partial charge >= 0.3 is 0 Å². The van der Waals surface area contributed by atoms with E-state index in [1.807, 2.05) is 324 Å². The Bertz CT molecular complexity index is 6170. The second kappa shape index (κ2) is 54.8. The van der Waals surface area contributed by atoms with Crippen LogP contribution in [0.15, 0.2) is 438 Å². The number of hydrogen-bond acceptors (Lipinski definition) is 8. The molecule has 0 atom stereocenters. The second-order valence-electron chi connectivity index (χ2n) is 30.0. The number of pyridine rings is 8. The van der Waals surface area contributed by atoms with E-state index in [4.69, 9.17) is 0 Å². The third kappa shape index (κ3) is 31.4. The van der Waals surface area contributed by atoms with Crippen molar-refractivity contribution in [2.45, 2.75) is 55.4 Å². The molecule has 8 aromatic heterocycles. The number of aryl methyl sites for hydroxylation is 8. The molecule has 0 N–H and O–H groups in total. The first-order valence-electron chi connectivity index (χ1n) is 42.4. The van der Waals surface area contributed by atoms with Crippen molar-refractivity contribution in [3.8, 4) is 135 Å². The smallest absolute Gasteiger partial charge is 0.0344 e. The molecule has 0 saturated carbocycles. The third-order valence-electron chi connectivity index (χ3n) is 20.3. The van der Waals surface area contributed by atoms with Crippen LogP contribution < -0.4 is 0 Å². The third-order valence-corrected chi connectivity index (χ3v) is 20.3. The van der Waals surface area contributed by atoms with Crippen molar-refractivity contribution in [1.29, 1.82) is 0 Å². The van der Waals surface area contributed by atoms with Crippen LogP contribution in [-0.2, 0) is 80.4 Å². The van der Waals surface area contributed by atoms with Gasteiger partial charge in [0, 0.05) is 152 Å². The van der Waals surface area contributed by atoms with Crippen molar-refractivity contribution < 1.29 is 80.4 Å². The van der Waals surface area contributed by atoms with Gasteiger partial charge in [-0.15, -0.1) is 287 Å². The van der Waals surface area contributed by atoms with Gasteiger partial charge in [-0.05, 0) is 156 Å². The molecule has 8 nitrogen and oxygen atoms in total. The minimum absolute atomic E-state index is 0. The minimum atomic E-state index is 0. The van der Waals surface area contributed by atoms with E-state index < -0.39 is 0 Å². The zero-order chi connectivity index (χ0) is 88.7. The number of rotatable bonds is 12. The first-order chi connectivity index (χ1) is 62.8. The van der Waals surface area contributed by atoms with Crippen molar-refractivity contribution in [3.63, 3.8) is 0 Å². The Kier molecular flexibility index (Phi) is 42.4. The number of hydrogen-bond donors (Lipinski definition) is 0. The molecule has 0 saturated heterocycles. The molecule has 0 bridgehead atoms. The summed E-state index contributed by atoms with van der Waals surface area (Å²) < 4.78 is 0. The molecule has 12 aromatic carbocycles. The van der Waals surface area contributed by atoms with Crippen LogP contribution in [0.25, 0.3) is 135 Å². The van der Waals surface area contributed by atoms with Gasteiger partial charge in [-0.3, -0.25) is 0 Å². The molecule has 8 heterocycles. The fraction of sp³-hybridized carbons (Fsp3) is 0.0667. The molecule has 0 amide bonds. The van der Waals surface area contributed by atoms with Crippen LogP contribution >= 0.6 is 0 Å². The van der Waals surface area contributed by atoms with Crippen LogP contribution in [0.3, 0.4) is 0 Å². The van der Waals surface area contributed by atoms with Gasteiger partial charge in [0.1, 0.15) is 0 Å². The molecular formula is C120H96Ir4N8-8. The molecule has 0 aliphatic carbocycles. The molecule has 0 aliphatic heterocycles. The number of benzene rings is 12. The van der Waals surface area contributed by atoms with Crippen molar-refractivity contribution in [2.75, 3.05) is 0 Å². The summed E-state index contributed by atoms with van der Waals surface area (Å²) in [5.74, 6) is 0.